The molecule has 0 saturated heterocycles. The zero-order valence-corrected chi connectivity index (χ0v) is 8.08. The third-order valence-corrected chi connectivity index (χ3v) is 2.40. The van der Waals surface area contributed by atoms with Crippen LogP contribution in [0.1, 0.15) is 25.7 Å². The van der Waals surface area contributed by atoms with E-state index >= 15 is 0 Å². The summed E-state index contributed by atoms with van der Waals surface area (Å²) in [5.41, 5.74) is 0.584. The zero-order chi connectivity index (χ0) is 9.68. The van der Waals surface area contributed by atoms with E-state index in [1.165, 1.54) is 13.5 Å². The predicted octanol–water partition coefficient (Wildman–Crippen LogP) is 2.46. The van der Waals surface area contributed by atoms with E-state index in [0.29, 0.717) is 5.57 Å². The summed E-state index contributed by atoms with van der Waals surface area (Å²) in [6.45, 7) is 3.76. The second kappa shape index (κ2) is 4.85. The quantitative estimate of drug-likeness (QED) is 0.370. The van der Waals surface area contributed by atoms with Crippen LogP contribution in [0.25, 0.3) is 0 Å². The van der Waals surface area contributed by atoms with Crippen molar-refractivity contribution in [3.8, 4) is 0 Å². The van der Waals surface area contributed by atoms with Crippen molar-refractivity contribution in [3.05, 3.63) is 24.3 Å². The fraction of sp³-hybridized carbons (Fsp3) is 0.545. The number of allylic oxidation sites excluding steroid dienone is 2. The lowest BCUT2D eigenvalue weighted by Gasteiger charge is -2.11. The minimum absolute atomic E-state index is 0.190. The summed E-state index contributed by atoms with van der Waals surface area (Å²) in [4.78, 5) is 11.2. The van der Waals surface area contributed by atoms with Crippen molar-refractivity contribution >= 4 is 5.97 Å². The summed E-state index contributed by atoms with van der Waals surface area (Å²) in [5, 5.41) is 0. The number of rotatable bonds is 2. The number of hydrogen-bond donors (Lipinski definition) is 0. The summed E-state index contributed by atoms with van der Waals surface area (Å²) in [6, 6.07) is 0. The van der Waals surface area contributed by atoms with E-state index in [1.807, 2.05) is 0 Å². The number of methoxy groups -OCH3 is 1. The summed E-state index contributed by atoms with van der Waals surface area (Å²) >= 11 is 0. The average molecular weight is 180 g/mol. The van der Waals surface area contributed by atoms with E-state index < -0.39 is 0 Å². The molecule has 1 unspecified atom stereocenters. The number of esters is 1. The van der Waals surface area contributed by atoms with Gasteiger partial charge < -0.3 is 4.74 Å². The Morgan fingerprint density at radius 3 is 3.00 bits per heavy atom. The maximum atomic E-state index is 11.2. The van der Waals surface area contributed by atoms with Crippen LogP contribution < -0.4 is 0 Å². The minimum Gasteiger partial charge on any atom is -0.466 e. The van der Waals surface area contributed by atoms with Gasteiger partial charge in [0.1, 0.15) is 0 Å². The van der Waals surface area contributed by atoms with Gasteiger partial charge in [0.05, 0.1) is 7.11 Å². The molecule has 0 saturated carbocycles. The number of ether oxygens (including phenoxy) is 1. The fourth-order valence-corrected chi connectivity index (χ4v) is 1.56. The van der Waals surface area contributed by atoms with Crippen molar-refractivity contribution in [2.45, 2.75) is 25.7 Å². The summed E-state index contributed by atoms with van der Waals surface area (Å²) in [6.07, 6.45) is 8.71. The van der Waals surface area contributed by atoms with Gasteiger partial charge in [0.25, 0.3) is 0 Å². The lowest BCUT2D eigenvalue weighted by molar-refractivity contribution is -0.136. The number of carbonyl (C=O) groups excluding carboxylic acids is 1. The van der Waals surface area contributed by atoms with E-state index in [4.69, 9.17) is 0 Å². The summed E-state index contributed by atoms with van der Waals surface area (Å²) < 4.78 is 4.63. The van der Waals surface area contributed by atoms with Gasteiger partial charge in [0.15, 0.2) is 0 Å². The molecule has 0 bridgehead atoms. The van der Waals surface area contributed by atoms with E-state index in [-0.39, 0.29) is 11.9 Å². The second-order valence-electron chi connectivity index (χ2n) is 3.34. The SMILES string of the molecule is C=C(C(=O)OC)C1C=CCCCC1. The molecule has 0 N–H and O–H groups in total. The van der Waals surface area contributed by atoms with Gasteiger partial charge >= 0.3 is 5.97 Å². The molecule has 13 heavy (non-hydrogen) atoms. The zero-order valence-electron chi connectivity index (χ0n) is 8.08. The molecule has 72 valence electrons. The van der Waals surface area contributed by atoms with Crippen LogP contribution in [0.5, 0.6) is 0 Å². The van der Waals surface area contributed by atoms with Crippen molar-refractivity contribution in [1.29, 1.82) is 0 Å². The molecular formula is C11H16O2. The van der Waals surface area contributed by atoms with Gasteiger partial charge in [-0.25, -0.2) is 4.79 Å². The summed E-state index contributed by atoms with van der Waals surface area (Å²) in [7, 11) is 1.40. The van der Waals surface area contributed by atoms with Crippen LogP contribution in [0.4, 0.5) is 0 Å². The first-order valence-electron chi connectivity index (χ1n) is 4.69. The molecule has 0 aromatic rings. The molecule has 0 aliphatic heterocycles. The van der Waals surface area contributed by atoms with Crippen LogP contribution in [0.2, 0.25) is 0 Å². The Hall–Kier alpha value is -1.05. The molecule has 0 aromatic carbocycles. The molecule has 0 amide bonds. The van der Waals surface area contributed by atoms with Gasteiger partial charge in [0.2, 0.25) is 0 Å². The normalized spacial score (nSPS) is 22.1. The highest BCUT2D eigenvalue weighted by molar-refractivity contribution is 5.88. The van der Waals surface area contributed by atoms with Crippen LogP contribution >= 0.6 is 0 Å². The Bertz CT molecular complexity index is 228. The fourth-order valence-electron chi connectivity index (χ4n) is 1.56. The summed E-state index contributed by atoms with van der Waals surface area (Å²) in [5.74, 6) is -0.0912. The smallest absolute Gasteiger partial charge is 0.333 e. The topological polar surface area (TPSA) is 26.3 Å². The highest BCUT2D eigenvalue weighted by Gasteiger charge is 2.17. The Kier molecular flexibility index (Phi) is 3.74. The van der Waals surface area contributed by atoms with Crippen molar-refractivity contribution in [2.24, 2.45) is 5.92 Å². The van der Waals surface area contributed by atoms with Crippen molar-refractivity contribution in [2.75, 3.05) is 7.11 Å². The molecule has 1 atom stereocenters. The molecule has 2 heteroatoms. The van der Waals surface area contributed by atoms with Crippen LogP contribution in [0.3, 0.4) is 0 Å². The highest BCUT2D eigenvalue weighted by atomic mass is 16.5. The Morgan fingerprint density at radius 1 is 1.54 bits per heavy atom. The van der Waals surface area contributed by atoms with Crippen molar-refractivity contribution in [1.82, 2.24) is 0 Å². The predicted molar refractivity (Wildman–Crippen MR) is 52.3 cm³/mol. The Labute approximate surface area is 79.3 Å². The molecule has 0 fully saturated rings. The van der Waals surface area contributed by atoms with Gasteiger partial charge in [-0.1, -0.05) is 25.2 Å². The van der Waals surface area contributed by atoms with E-state index in [2.05, 4.69) is 23.5 Å². The van der Waals surface area contributed by atoms with Gasteiger partial charge in [-0.05, 0) is 19.3 Å². The average Bonchev–Trinajstić information content (AvgIpc) is 2.43. The Morgan fingerprint density at radius 2 is 2.31 bits per heavy atom. The maximum Gasteiger partial charge on any atom is 0.333 e. The molecular weight excluding hydrogens is 164 g/mol. The van der Waals surface area contributed by atoms with Crippen molar-refractivity contribution < 1.29 is 9.53 Å². The molecule has 0 radical (unpaired) electrons. The molecule has 1 aliphatic rings. The van der Waals surface area contributed by atoms with E-state index in [0.717, 1.165) is 19.3 Å². The third kappa shape index (κ3) is 2.72. The minimum atomic E-state index is -0.281. The van der Waals surface area contributed by atoms with Gasteiger partial charge in [-0.2, -0.15) is 0 Å². The van der Waals surface area contributed by atoms with Gasteiger partial charge in [0, 0.05) is 11.5 Å². The second-order valence-corrected chi connectivity index (χ2v) is 3.34. The Balaban J connectivity index is 2.58. The third-order valence-electron chi connectivity index (χ3n) is 2.40. The van der Waals surface area contributed by atoms with Crippen LogP contribution in [-0.4, -0.2) is 13.1 Å². The largest absolute Gasteiger partial charge is 0.466 e. The van der Waals surface area contributed by atoms with E-state index in [1.54, 1.807) is 0 Å². The molecule has 1 aliphatic carbocycles. The van der Waals surface area contributed by atoms with Crippen molar-refractivity contribution in [3.63, 3.8) is 0 Å². The first-order chi connectivity index (χ1) is 6.25. The molecule has 0 spiro atoms. The molecule has 0 heterocycles. The molecule has 1 rings (SSSR count). The first-order valence-corrected chi connectivity index (χ1v) is 4.69. The van der Waals surface area contributed by atoms with Gasteiger partial charge in [-0.15, -0.1) is 0 Å². The monoisotopic (exact) mass is 180 g/mol. The van der Waals surface area contributed by atoms with Crippen LogP contribution in [0, 0.1) is 5.92 Å². The first kappa shape index (κ1) is 10.0. The van der Waals surface area contributed by atoms with Crippen LogP contribution in [0.15, 0.2) is 24.3 Å². The number of hydrogen-bond acceptors (Lipinski definition) is 2. The lowest BCUT2D eigenvalue weighted by Crippen LogP contribution is -2.11. The van der Waals surface area contributed by atoms with E-state index in [9.17, 15) is 4.79 Å². The van der Waals surface area contributed by atoms with Gasteiger partial charge in [-0.3, -0.25) is 0 Å². The molecule has 2 nitrogen and oxygen atoms in total. The highest BCUT2D eigenvalue weighted by Crippen LogP contribution is 2.23. The van der Waals surface area contributed by atoms with Crippen LogP contribution in [-0.2, 0) is 9.53 Å². The lowest BCUT2D eigenvalue weighted by atomic mass is 9.96. The number of carbonyl (C=O) groups is 1. The molecule has 0 aromatic heterocycles. The standard InChI is InChI=1S/C11H16O2/c1-9(11(12)13-2)10-7-5-3-4-6-8-10/h5,7,10H,1,3-4,6,8H2,2H3. The maximum absolute atomic E-state index is 11.2.